The van der Waals surface area contributed by atoms with Crippen LogP contribution >= 0.6 is 0 Å². The number of hydrogen-bond acceptors (Lipinski definition) is 4. The highest BCUT2D eigenvalue weighted by molar-refractivity contribution is 4.90. The first-order valence-electron chi connectivity index (χ1n) is 6.86. The first kappa shape index (κ1) is 15.6. The number of allylic oxidation sites excluding steroid dienone is 2. The van der Waals surface area contributed by atoms with E-state index in [1.54, 1.807) is 7.11 Å². The Balaban J connectivity index is 1.99. The predicted octanol–water partition coefficient (Wildman–Crippen LogP) is 1.34. The molecule has 0 aromatic heterocycles. The minimum absolute atomic E-state index is 0.0353. The first-order valence-corrected chi connectivity index (χ1v) is 6.86. The number of ether oxygens (including phenoxy) is 2. The van der Waals surface area contributed by atoms with Gasteiger partial charge in [-0.1, -0.05) is 12.2 Å². The summed E-state index contributed by atoms with van der Waals surface area (Å²) in [6.07, 6.45) is 7.69. The summed E-state index contributed by atoms with van der Waals surface area (Å²) < 4.78 is 10.4. The van der Waals surface area contributed by atoms with E-state index in [1.807, 2.05) is 6.92 Å². The molecule has 18 heavy (non-hydrogen) atoms. The summed E-state index contributed by atoms with van der Waals surface area (Å²) >= 11 is 0. The van der Waals surface area contributed by atoms with E-state index in [9.17, 15) is 5.11 Å². The van der Waals surface area contributed by atoms with Gasteiger partial charge in [0.1, 0.15) is 0 Å². The summed E-state index contributed by atoms with van der Waals surface area (Å²) in [5, 5.41) is 13.1. The van der Waals surface area contributed by atoms with Crippen LogP contribution in [-0.2, 0) is 9.47 Å². The van der Waals surface area contributed by atoms with Gasteiger partial charge in [-0.25, -0.2) is 0 Å². The fourth-order valence-corrected chi connectivity index (χ4v) is 2.11. The van der Waals surface area contributed by atoms with Crippen LogP contribution in [-0.4, -0.2) is 50.7 Å². The summed E-state index contributed by atoms with van der Waals surface area (Å²) in [6, 6.07) is 0. The molecular formula is C14H27NO3. The molecule has 1 aliphatic rings. The van der Waals surface area contributed by atoms with E-state index in [0.29, 0.717) is 19.8 Å². The average Bonchev–Trinajstić information content (AvgIpc) is 2.38. The van der Waals surface area contributed by atoms with Crippen molar-refractivity contribution in [2.24, 2.45) is 5.92 Å². The Morgan fingerprint density at radius 2 is 2.22 bits per heavy atom. The number of aliphatic hydroxyl groups is 1. The molecule has 0 bridgehead atoms. The van der Waals surface area contributed by atoms with E-state index in [4.69, 9.17) is 9.47 Å². The maximum atomic E-state index is 9.75. The monoisotopic (exact) mass is 257 g/mol. The van der Waals surface area contributed by atoms with Crippen molar-refractivity contribution in [1.82, 2.24) is 5.32 Å². The van der Waals surface area contributed by atoms with Crippen LogP contribution in [0.2, 0.25) is 0 Å². The van der Waals surface area contributed by atoms with Crippen molar-refractivity contribution in [2.75, 3.05) is 33.4 Å². The predicted molar refractivity (Wildman–Crippen MR) is 72.6 cm³/mol. The minimum atomic E-state index is -0.441. The highest BCUT2D eigenvalue weighted by atomic mass is 16.5. The van der Waals surface area contributed by atoms with Gasteiger partial charge in [-0.05, 0) is 38.6 Å². The fourth-order valence-electron chi connectivity index (χ4n) is 2.11. The van der Waals surface area contributed by atoms with Crippen molar-refractivity contribution in [3.63, 3.8) is 0 Å². The van der Waals surface area contributed by atoms with Crippen molar-refractivity contribution < 1.29 is 14.6 Å². The molecule has 106 valence electrons. The van der Waals surface area contributed by atoms with Crippen LogP contribution in [0.15, 0.2) is 12.2 Å². The van der Waals surface area contributed by atoms with Gasteiger partial charge in [0.05, 0.1) is 25.4 Å². The van der Waals surface area contributed by atoms with E-state index in [0.717, 1.165) is 18.9 Å². The largest absolute Gasteiger partial charge is 0.389 e. The van der Waals surface area contributed by atoms with Crippen LogP contribution in [0, 0.1) is 5.92 Å². The van der Waals surface area contributed by atoms with E-state index in [1.165, 1.54) is 12.8 Å². The number of methoxy groups -OCH3 is 1. The van der Waals surface area contributed by atoms with Crippen molar-refractivity contribution >= 4 is 0 Å². The Hall–Kier alpha value is -0.420. The van der Waals surface area contributed by atoms with Crippen LogP contribution in [0.4, 0.5) is 0 Å². The quantitative estimate of drug-likeness (QED) is 0.612. The van der Waals surface area contributed by atoms with Crippen molar-refractivity contribution in [3.8, 4) is 0 Å². The Labute approximate surface area is 110 Å². The van der Waals surface area contributed by atoms with E-state index in [-0.39, 0.29) is 6.10 Å². The molecule has 1 rings (SSSR count). The van der Waals surface area contributed by atoms with Gasteiger partial charge in [0.15, 0.2) is 0 Å². The standard InChI is InChI=1S/C14H27NO3/c1-12(10-17-2)18-11-14(16)9-15-8-13-6-4-3-5-7-13/h3-4,12-16H,5-11H2,1-2H3. The Bertz CT molecular complexity index is 233. The second-order valence-corrected chi connectivity index (χ2v) is 5.06. The van der Waals surface area contributed by atoms with Gasteiger partial charge in [0.25, 0.3) is 0 Å². The minimum Gasteiger partial charge on any atom is -0.389 e. The van der Waals surface area contributed by atoms with Crippen molar-refractivity contribution in [3.05, 3.63) is 12.2 Å². The summed E-state index contributed by atoms with van der Waals surface area (Å²) in [7, 11) is 1.65. The van der Waals surface area contributed by atoms with E-state index >= 15 is 0 Å². The zero-order valence-electron chi connectivity index (χ0n) is 11.6. The molecule has 1 aliphatic carbocycles. The molecule has 0 radical (unpaired) electrons. The van der Waals surface area contributed by atoms with Crippen LogP contribution < -0.4 is 5.32 Å². The lowest BCUT2D eigenvalue weighted by atomic mass is 9.94. The number of hydrogen-bond donors (Lipinski definition) is 2. The van der Waals surface area contributed by atoms with Gasteiger partial charge in [0, 0.05) is 13.7 Å². The summed E-state index contributed by atoms with van der Waals surface area (Å²) in [5.41, 5.74) is 0. The van der Waals surface area contributed by atoms with Crippen LogP contribution in [0.1, 0.15) is 26.2 Å². The van der Waals surface area contributed by atoms with Crippen LogP contribution in [0.3, 0.4) is 0 Å². The maximum Gasteiger partial charge on any atom is 0.0897 e. The SMILES string of the molecule is COCC(C)OCC(O)CNCC1CC=CCC1. The van der Waals surface area contributed by atoms with Gasteiger partial charge in [-0.3, -0.25) is 0 Å². The average molecular weight is 257 g/mol. The number of rotatable bonds is 9. The van der Waals surface area contributed by atoms with Gasteiger partial charge < -0.3 is 19.9 Å². The highest BCUT2D eigenvalue weighted by Crippen LogP contribution is 2.16. The lowest BCUT2D eigenvalue weighted by molar-refractivity contribution is -0.0312. The summed E-state index contributed by atoms with van der Waals surface area (Å²) in [5.74, 6) is 0.718. The zero-order valence-corrected chi connectivity index (χ0v) is 11.6. The highest BCUT2D eigenvalue weighted by Gasteiger charge is 2.11. The smallest absolute Gasteiger partial charge is 0.0897 e. The molecule has 0 heterocycles. The van der Waals surface area contributed by atoms with Gasteiger partial charge >= 0.3 is 0 Å². The number of aliphatic hydroxyl groups excluding tert-OH is 1. The van der Waals surface area contributed by atoms with E-state index < -0.39 is 6.10 Å². The van der Waals surface area contributed by atoms with Gasteiger partial charge in [-0.2, -0.15) is 0 Å². The Morgan fingerprint density at radius 3 is 2.89 bits per heavy atom. The van der Waals surface area contributed by atoms with Gasteiger partial charge in [0.2, 0.25) is 0 Å². The van der Waals surface area contributed by atoms with Crippen molar-refractivity contribution in [2.45, 2.75) is 38.4 Å². The summed E-state index contributed by atoms with van der Waals surface area (Å²) in [6.45, 7) is 4.45. The lowest BCUT2D eigenvalue weighted by Crippen LogP contribution is -2.35. The third kappa shape index (κ3) is 7.11. The van der Waals surface area contributed by atoms with Gasteiger partial charge in [-0.15, -0.1) is 0 Å². The molecule has 0 fully saturated rings. The molecule has 4 heteroatoms. The Kier molecular flexibility index (Phi) is 8.25. The van der Waals surface area contributed by atoms with Crippen LogP contribution in [0.25, 0.3) is 0 Å². The van der Waals surface area contributed by atoms with Crippen molar-refractivity contribution in [1.29, 1.82) is 0 Å². The topological polar surface area (TPSA) is 50.7 Å². The molecule has 0 saturated heterocycles. The molecule has 0 spiro atoms. The van der Waals surface area contributed by atoms with E-state index in [2.05, 4.69) is 17.5 Å². The molecule has 2 N–H and O–H groups in total. The first-order chi connectivity index (χ1) is 8.72. The maximum absolute atomic E-state index is 9.75. The third-order valence-corrected chi connectivity index (χ3v) is 3.17. The molecule has 3 unspecified atom stereocenters. The zero-order chi connectivity index (χ0) is 13.2. The Morgan fingerprint density at radius 1 is 1.39 bits per heavy atom. The molecule has 3 atom stereocenters. The normalized spacial score (nSPS) is 22.9. The second-order valence-electron chi connectivity index (χ2n) is 5.06. The molecule has 0 aliphatic heterocycles. The molecule has 0 aromatic rings. The molecule has 0 aromatic carbocycles. The lowest BCUT2D eigenvalue weighted by Gasteiger charge is -2.20. The molecule has 0 saturated carbocycles. The van der Waals surface area contributed by atoms with Crippen LogP contribution in [0.5, 0.6) is 0 Å². The second kappa shape index (κ2) is 9.50. The summed E-state index contributed by atoms with van der Waals surface area (Å²) in [4.78, 5) is 0. The fraction of sp³-hybridized carbons (Fsp3) is 0.857. The molecule has 0 amide bonds. The molecule has 4 nitrogen and oxygen atoms in total. The number of nitrogens with one attached hydrogen (secondary N) is 1. The molecular weight excluding hydrogens is 230 g/mol. The third-order valence-electron chi connectivity index (χ3n) is 3.17.